The number of thioether (sulfide) groups is 1. The Morgan fingerprint density at radius 1 is 1.25 bits per heavy atom. The number of halogens is 1. The number of nitrogens with zero attached hydrogens (tertiary/aromatic N) is 1. The third-order valence-electron chi connectivity index (χ3n) is 2.96. The molecule has 0 radical (unpaired) electrons. The molecular weight excluding hydrogens is 341 g/mol. The van der Waals surface area contributed by atoms with Gasteiger partial charge in [-0.25, -0.2) is 4.39 Å². The van der Waals surface area contributed by atoms with E-state index in [1.54, 1.807) is 0 Å². The number of hydrogen-bond acceptors (Lipinski definition) is 6. The van der Waals surface area contributed by atoms with E-state index in [9.17, 15) is 23.6 Å². The van der Waals surface area contributed by atoms with Gasteiger partial charge in [0.25, 0.3) is 17.1 Å². The van der Waals surface area contributed by atoms with Crippen molar-refractivity contribution in [3.8, 4) is 0 Å². The molecule has 1 aliphatic heterocycles. The lowest BCUT2D eigenvalue weighted by Gasteiger charge is -2.13. The van der Waals surface area contributed by atoms with Gasteiger partial charge >= 0.3 is 5.97 Å². The number of carbonyl (C=O) groups is 4. The minimum absolute atomic E-state index is 0.214. The normalized spacial score (nSPS) is 13.5. The van der Waals surface area contributed by atoms with Crippen LogP contribution in [0.3, 0.4) is 0 Å². The molecule has 0 spiro atoms. The Morgan fingerprint density at radius 2 is 2.00 bits per heavy atom. The molecule has 3 amide bonds. The van der Waals surface area contributed by atoms with Gasteiger partial charge in [0.1, 0.15) is 12.4 Å². The fourth-order valence-electron chi connectivity index (χ4n) is 1.79. The molecule has 8 nitrogen and oxygen atoms in total. The van der Waals surface area contributed by atoms with Crippen molar-refractivity contribution < 1.29 is 28.3 Å². The van der Waals surface area contributed by atoms with Crippen LogP contribution in [0.1, 0.15) is 10.4 Å². The molecule has 0 atom stereocenters. The van der Waals surface area contributed by atoms with E-state index in [0.29, 0.717) is 12.3 Å². The molecule has 2 rings (SSSR count). The summed E-state index contributed by atoms with van der Waals surface area (Å²) in [4.78, 5) is 47.3. The number of carbonyl (C=O) groups excluding carboxylic acids is 4. The first-order valence-corrected chi connectivity index (χ1v) is 7.87. The van der Waals surface area contributed by atoms with Gasteiger partial charge in [0.05, 0.1) is 5.56 Å². The summed E-state index contributed by atoms with van der Waals surface area (Å²) in [6.45, 7) is -0.421. The molecule has 0 unspecified atom stereocenters. The SMILES string of the molecule is O=C(COC(=O)CN1CCSC1=O)NNC(=O)c1ccccc1F. The van der Waals surface area contributed by atoms with Crippen LogP contribution in [-0.2, 0) is 14.3 Å². The van der Waals surface area contributed by atoms with Crippen molar-refractivity contribution in [2.45, 2.75) is 0 Å². The van der Waals surface area contributed by atoms with Gasteiger partial charge in [-0.3, -0.25) is 30.0 Å². The van der Waals surface area contributed by atoms with Gasteiger partial charge in [-0.15, -0.1) is 0 Å². The quantitative estimate of drug-likeness (QED) is 0.581. The molecule has 1 aliphatic rings. The van der Waals surface area contributed by atoms with E-state index in [1.165, 1.54) is 23.1 Å². The lowest BCUT2D eigenvalue weighted by Crippen LogP contribution is -2.44. The second-order valence-corrected chi connectivity index (χ2v) is 5.72. The average molecular weight is 355 g/mol. The highest BCUT2D eigenvalue weighted by Gasteiger charge is 2.24. The Morgan fingerprint density at radius 3 is 2.67 bits per heavy atom. The Kier molecular flexibility index (Phi) is 6.13. The summed E-state index contributed by atoms with van der Waals surface area (Å²) in [6, 6.07) is 5.26. The minimum Gasteiger partial charge on any atom is -0.454 e. The van der Waals surface area contributed by atoms with Gasteiger partial charge in [0, 0.05) is 12.3 Å². The van der Waals surface area contributed by atoms with E-state index < -0.39 is 30.2 Å². The molecule has 0 bridgehead atoms. The maximum atomic E-state index is 13.4. The van der Waals surface area contributed by atoms with Gasteiger partial charge in [0.2, 0.25) is 0 Å². The van der Waals surface area contributed by atoms with Crippen LogP contribution in [0.15, 0.2) is 24.3 Å². The predicted octanol–water partition coefficient (Wildman–Crippen LogP) is 0.299. The summed E-state index contributed by atoms with van der Waals surface area (Å²) in [5.41, 5.74) is 3.77. The number of hydrogen-bond donors (Lipinski definition) is 2. The molecule has 0 aromatic heterocycles. The van der Waals surface area contributed by atoms with Crippen molar-refractivity contribution in [3.05, 3.63) is 35.6 Å². The molecule has 1 heterocycles. The molecule has 1 aromatic rings. The van der Waals surface area contributed by atoms with Crippen molar-refractivity contribution in [3.63, 3.8) is 0 Å². The van der Waals surface area contributed by atoms with Crippen LogP contribution in [0, 0.1) is 5.82 Å². The van der Waals surface area contributed by atoms with E-state index >= 15 is 0 Å². The van der Waals surface area contributed by atoms with Crippen LogP contribution >= 0.6 is 11.8 Å². The van der Waals surface area contributed by atoms with Crippen molar-refractivity contribution in [2.24, 2.45) is 0 Å². The standard InChI is InChI=1S/C14H14FN3O5S/c15-10-4-2-1-3-9(10)13(21)17-16-11(19)8-23-12(20)7-18-5-6-24-14(18)22/h1-4H,5-8H2,(H,16,19)(H,17,21). The highest BCUT2D eigenvalue weighted by atomic mass is 32.2. The van der Waals surface area contributed by atoms with E-state index in [4.69, 9.17) is 4.74 Å². The van der Waals surface area contributed by atoms with Gasteiger partial charge in [-0.2, -0.15) is 0 Å². The summed E-state index contributed by atoms with van der Waals surface area (Å²) in [5.74, 6) is -2.50. The molecule has 1 saturated heterocycles. The van der Waals surface area contributed by atoms with Crippen LogP contribution in [0.5, 0.6) is 0 Å². The van der Waals surface area contributed by atoms with Crippen LogP contribution in [0.2, 0.25) is 0 Å². The van der Waals surface area contributed by atoms with Crippen LogP contribution < -0.4 is 10.9 Å². The third kappa shape index (κ3) is 4.95. The first kappa shape index (κ1) is 17.7. The summed E-state index contributed by atoms with van der Waals surface area (Å²) in [7, 11) is 0. The van der Waals surface area contributed by atoms with Crippen LogP contribution in [-0.4, -0.2) is 53.4 Å². The number of ether oxygens (including phenoxy) is 1. The highest BCUT2D eigenvalue weighted by molar-refractivity contribution is 8.13. The number of nitrogens with one attached hydrogen (secondary N) is 2. The predicted molar refractivity (Wildman–Crippen MR) is 82.4 cm³/mol. The first-order chi connectivity index (χ1) is 11.5. The maximum Gasteiger partial charge on any atom is 0.326 e. The Labute approximate surface area is 140 Å². The minimum atomic E-state index is -0.840. The zero-order valence-electron chi connectivity index (χ0n) is 12.4. The Bertz CT molecular complexity index is 670. The van der Waals surface area contributed by atoms with Crippen molar-refractivity contribution in [2.75, 3.05) is 25.4 Å². The number of amides is 3. The average Bonchev–Trinajstić information content (AvgIpc) is 2.96. The zero-order chi connectivity index (χ0) is 17.5. The number of hydrazine groups is 1. The third-order valence-corrected chi connectivity index (χ3v) is 3.85. The van der Waals surface area contributed by atoms with Crippen molar-refractivity contribution >= 4 is 34.8 Å². The molecule has 0 aliphatic carbocycles. The van der Waals surface area contributed by atoms with Crippen LogP contribution in [0.25, 0.3) is 0 Å². The number of benzene rings is 1. The topological polar surface area (TPSA) is 105 Å². The van der Waals surface area contributed by atoms with Gasteiger partial charge < -0.3 is 9.64 Å². The monoisotopic (exact) mass is 355 g/mol. The number of esters is 1. The molecule has 128 valence electrons. The summed E-state index contributed by atoms with van der Waals surface area (Å²) < 4.78 is 18.1. The van der Waals surface area contributed by atoms with Gasteiger partial charge in [-0.05, 0) is 12.1 Å². The zero-order valence-corrected chi connectivity index (χ0v) is 13.2. The fraction of sp³-hybridized carbons (Fsp3) is 0.286. The lowest BCUT2D eigenvalue weighted by molar-refractivity contribution is -0.149. The first-order valence-electron chi connectivity index (χ1n) is 6.88. The Hall–Kier alpha value is -2.62. The van der Waals surface area contributed by atoms with E-state index in [1.807, 2.05) is 10.9 Å². The van der Waals surface area contributed by atoms with Gasteiger partial charge in [0.15, 0.2) is 6.61 Å². The largest absolute Gasteiger partial charge is 0.454 e. The molecule has 1 fully saturated rings. The maximum absolute atomic E-state index is 13.4. The highest BCUT2D eigenvalue weighted by Crippen LogP contribution is 2.16. The summed E-state index contributed by atoms with van der Waals surface area (Å²) in [5, 5.41) is -0.214. The van der Waals surface area contributed by atoms with E-state index in [0.717, 1.165) is 17.8 Å². The summed E-state index contributed by atoms with van der Waals surface area (Å²) in [6.07, 6.45) is 0. The molecule has 1 aromatic carbocycles. The van der Waals surface area contributed by atoms with Crippen molar-refractivity contribution in [1.82, 2.24) is 15.8 Å². The fourth-order valence-corrected chi connectivity index (χ4v) is 2.62. The molecular formula is C14H14FN3O5S. The molecule has 10 heteroatoms. The Balaban J connectivity index is 1.69. The van der Waals surface area contributed by atoms with E-state index in [2.05, 4.69) is 0 Å². The molecule has 2 N–H and O–H groups in total. The molecule has 0 saturated carbocycles. The second-order valence-electron chi connectivity index (χ2n) is 4.68. The van der Waals surface area contributed by atoms with Gasteiger partial charge in [-0.1, -0.05) is 23.9 Å². The second kappa shape index (κ2) is 8.29. The lowest BCUT2D eigenvalue weighted by atomic mass is 10.2. The number of rotatable bonds is 5. The smallest absolute Gasteiger partial charge is 0.326 e. The summed E-state index contributed by atoms with van der Waals surface area (Å²) >= 11 is 1.10. The van der Waals surface area contributed by atoms with Crippen LogP contribution in [0.4, 0.5) is 9.18 Å². The van der Waals surface area contributed by atoms with E-state index in [-0.39, 0.29) is 17.3 Å². The van der Waals surface area contributed by atoms with Crippen molar-refractivity contribution in [1.29, 1.82) is 0 Å². The molecule has 24 heavy (non-hydrogen) atoms.